The van der Waals surface area contributed by atoms with E-state index in [0.717, 1.165) is 25.5 Å². The molecular formula is C18H19NO2. The van der Waals surface area contributed by atoms with Gasteiger partial charge in [-0.1, -0.05) is 42.5 Å². The Morgan fingerprint density at radius 1 is 0.952 bits per heavy atom. The Hall–Kier alpha value is -2.42. The van der Waals surface area contributed by atoms with Crippen molar-refractivity contribution < 1.29 is 9.59 Å². The highest BCUT2D eigenvalue weighted by Gasteiger charge is 2.04. The maximum absolute atomic E-state index is 11.9. The molecule has 3 heteroatoms. The van der Waals surface area contributed by atoms with Crippen LogP contribution in [0.2, 0.25) is 0 Å². The fourth-order valence-corrected chi connectivity index (χ4v) is 2.12. The van der Waals surface area contributed by atoms with Crippen LogP contribution in [0.25, 0.3) is 0 Å². The highest BCUT2D eigenvalue weighted by molar-refractivity contribution is 5.94. The zero-order chi connectivity index (χ0) is 14.9. The molecule has 2 aromatic rings. The van der Waals surface area contributed by atoms with Gasteiger partial charge in [-0.05, 0) is 37.0 Å². The largest absolute Gasteiger partial charge is 0.352 e. The number of amides is 1. The van der Waals surface area contributed by atoms with Gasteiger partial charge in [0.2, 0.25) is 0 Å². The number of benzene rings is 2. The first-order valence-corrected chi connectivity index (χ1v) is 7.17. The monoisotopic (exact) mass is 281 g/mol. The SMILES string of the molecule is O=Cc1ccc(C(=O)NCCCCc2ccccc2)cc1. The van der Waals surface area contributed by atoms with Gasteiger partial charge in [0.05, 0.1) is 0 Å². The lowest BCUT2D eigenvalue weighted by Crippen LogP contribution is -2.24. The number of carbonyl (C=O) groups is 2. The van der Waals surface area contributed by atoms with Crippen molar-refractivity contribution in [2.75, 3.05) is 6.54 Å². The highest BCUT2D eigenvalue weighted by Crippen LogP contribution is 2.05. The number of hydrogen-bond acceptors (Lipinski definition) is 2. The molecule has 0 aliphatic heterocycles. The number of nitrogens with one attached hydrogen (secondary N) is 1. The van der Waals surface area contributed by atoms with Crippen LogP contribution >= 0.6 is 0 Å². The molecule has 2 rings (SSSR count). The van der Waals surface area contributed by atoms with Gasteiger partial charge in [-0.2, -0.15) is 0 Å². The minimum Gasteiger partial charge on any atom is -0.352 e. The quantitative estimate of drug-likeness (QED) is 0.625. The van der Waals surface area contributed by atoms with Crippen LogP contribution in [0, 0.1) is 0 Å². The van der Waals surface area contributed by atoms with Crippen LogP contribution in [0.3, 0.4) is 0 Å². The lowest BCUT2D eigenvalue weighted by atomic mass is 10.1. The van der Waals surface area contributed by atoms with E-state index in [-0.39, 0.29) is 5.91 Å². The average Bonchev–Trinajstić information content (AvgIpc) is 2.55. The second-order valence-electron chi connectivity index (χ2n) is 4.94. The van der Waals surface area contributed by atoms with E-state index in [1.165, 1.54) is 5.56 Å². The lowest BCUT2D eigenvalue weighted by Gasteiger charge is -2.05. The molecule has 108 valence electrons. The van der Waals surface area contributed by atoms with Gasteiger partial charge in [0, 0.05) is 17.7 Å². The van der Waals surface area contributed by atoms with Crippen molar-refractivity contribution in [2.45, 2.75) is 19.3 Å². The number of carbonyl (C=O) groups excluding carboxylic acids is 2. The summed E-state index contributed by atoms with van der Waals surface area (Å²) in [6, 6.07) is 17.0. The van der Waals surface area contributed by atoms with Gasteiger partial charge in [0.1, 0.15) is 6.29 Å². The maximum atomic E-state index is 11.9. The number of aldehydes is 1. The van der Waals surface area contributed by atoms with Crippen molar-refractivity contribution in [3.05, 3.63) is 71.3 Å². The van der Waals surface area contributed by atoms with Gasteiger partial charge >= 0.3 is 0 Å². The molecule has 0 atom stereocenters. The second kappa shape index (κ2) is 8.00. The van der Waals surface area contributed by atoms with Gasteiger partial charge in [0.25, 0.3) is 5.91 Å². The van der Waals surface area contributed by atoms with E-state index >= 15 is 0 Å². The number of aryl methyl sites for hydroxylation is 1. The van der Waals surface area contributed by atoms with Crippen molar-refractivity contribution in [1.29, 1.82) is 0 Å². The Morgan fingerprint density at radius 2 is 1.67 bits per heavy atom. The second-order valence-corrected chi connectivity index (χ2v) is 4.94. The Labute approximate surface area is 125 Å². The Kier molecular flexibility index (Phi) is 5.71. The Balaban J connectivity index is 1.68. The zero-order valence-electron chi connectivity index (χ0n) is 11.9. The summed E-state index contributed by atoms with van der Waals surface area (Å²) >= 11 is 0. The van der Waals surface area contributed by atoms with E-state index in [1.807, 2.05) is 18.2 Å². The third-order valence-electron chi connectivity index (χ3n) is 3.33. The van der Waals surface area contributed by atoms with E-state index in [1.54, 1.807) is 24.3 Å². The Bertz CT molecular complexity index is 576. The normalized spacial score (nSPS) is 10.1. The van der Waals surface area contributed by atoms with Gasteiger partial charge in [-0.25, -0.2) is 0 Å². The summed E-state index contributed by atoms with van der Waals surface area (Å²) < 4.78 is 0. The molecular weight excluding hydrogens is 262 g/mol. The zero-order valence-corrected chi connectivity index (χ0v) is 11.9. The molecule has 0 aliphatic rings. The molecule has 3 nitrogen and oxygen atoms in total. The van der Waals surface area contributed by atoms with Crippen molar-refractivity contribution in [2.24, 2.45) is 0 Å². The van der Waals surface area contributed by atoms with Crippen molar-refractivity contribution in [3.8, 4) is 0 Å². The minimum atomic E-state index is -0.0906. The molecule has 1 N–H and O–H groups in total. The summed E-state index contributed by atoms with van der Waals surface area (Å²) in [6.07, 6.45) is 3.80. The van der Waals surface area contributed by atoms with Crippen LogP contribution < -0.4 is 5.32 Å². The van der Waals surface area contributed by atoms with Gasteiger partial charge < -0.3 is 5.32 Å². The lowest BCUT2D eigenvalue weighted by molar-refractivity contribution is 0.0952. The van der Waals surface area contributed by atoms with Crippen LogP contribution in [0.15, 0.2) is 54.6 Å². The fourth-order valence-electron chi connectivity index (χ4n) is 2.12. The molecule has 0 bridgehead atoms. The number of hydrogen-bond donors (Lipinski definition) is 1. The molecule has 0 aromatic heterocycles. The van der Waals surface area contributed by atoms with Gasteiger partial charge in [0.15, 0.2) is 0 Å². The van der Waals surface area contributed by atoms with E-state index in [9.17, 15) is 9.59 Å². The summed E-state index contributed by atoms with van der Waals surface area (Å²) in [5.41, 5.74) is 2.49. The number of unbranched alkanes of at least 4 members (excludes halogenated alkanes) is 1. The minimum absolute atomic E-state index is 0.0906. The molecule has 2 aromatic carbocycles. The van der Waals surface area contributed by atoms with Crippen LogP contribution in [-0.2, 0) is 6.42 Å². The summed E-state index contributed by atoms with van der Waals surface area (Å²) in [7, 11) is 0. The summed E-state index contributed by atoms with van der Waals surface area (Å²) in [5.74, 6) is -0.0906. The van der Waals surface area contributed by atoms with Crippen LogP contribution in [0.4, 0.5) is 0 Å². The number of rotatable bonds is 7. The van der Waals surface area contributed by atoms with E-state index in [4.69, 9.17) is 0 Å². The van der Waals surface area contributed by atoms with Crippen molar-refractivity contribution >= 4 is 12.2 Å². The van der Waals surface area contributed by atoms with Crippen LogP contribution in [0.1, 0.15) is 39.1 Å². The first-order chi connectivity index (χ1) is 10.3. The molecule has 0 heterocycles. The van der Waals surface area contributed by atoms with Crippen molar-refractivity contribution in [1.82, 2.24) is 5.32 Å². The Morgan fingerprint density at radius 3 is 2.33 bits per heavy atom. The molecule has 0 saturated carbocycles. The predicted octanol–water partition coefficient (Wildman–Crippen LogP) is 3.25. The van der Waals surface area contributed by atoms with Crippen LogP contribution in [0.5, 0.6) is 0 Å². The molecule has 0 aliphatic carbocycles. The molecule has 21 heavy (non-hydrogen) atoms. The summed E-state index contributed by atoms with van der Waals surface area (Å²) in [4.78, 5) is 22.4. The van der Waals surface area contributed by atoms with Gasteiger partial charge in [-0.15, -0.1) is 0 Å². The standard InChI is InChI=1S/C18H19NO2/c20-14-16-9-11-17(12-10-16)18(21)19-13-5-4-8-15-6-2-1-3-7-15/h1-3,6-7,9-12,14H,4-5,8,13H2,(H,19,21). The average molecular weight is 281 g/mol. The molecule has 0 saturated heterocycles. The topological polar surface area (TPSA) is 46.2 Å². The third-order valence-corrected chi connectivity index (χ3v) is 3.33. The molecule has 0 unspecified atom stereocenters. The van der Waals surface area contributed by atoms with Gasteiger partial charge in [-0.3, -0.25) is 9.59 Å². The predicted molar refractivity (Wildman–Crippen MR) is 83.5 cm³/mol. The van der Waals surface area contributed by atoms with Crippen molar-refractivity contribution in [3.63, 3.8) is 0 Å². The smallest absolute Gasteiger partial charge is 0.251 e. The first-order valence-electron chi connectivity index (χ1n) is 7.17. The third kappa shape index (κ3) is 4.88. The van der Waals surface area contributed by atoms with E-state index < -0.39 is 0 Å². The maximum Gasteiger partial charge on any atom is 0.251 e. The van der Waals surface area contributed by atoms with E-state index in [2.05, 4.69) is 17.4 Å². The molecule has 1 amide bonds. The van der Waals surface area contributed by atoms with Crippen LogP contribution in [-0.4, -0.2) is 18.7 Å². The molecule has 0 radical (unpaired) electrons. The summed E-state index contributed by atoms with van der Waals surface area (Å²) in [6.45, 7) is 0.668. The van der Waals surface area contributed by atoms with E-state index in [0.29, 0.717) is 17.7 Å². The first kappa shape index (κ1) is 15.0. The highest BCUT2D eigenvalue weighted by atomic mass is 16.1. The summed E-state index contributed by atoms with van der Waals surface area (Å²) in [5, 5.41) is 2.90. The molecule has 0 spiro atoms. The molecule has 0 fully saturated rings. The fraction of sp³-hybridized carbons (Fsp3) is 0.222.